The van der Waals surface area contributed by atoms with Crippen LogP contribution in [-0.2, 0) is 4.79 Å². The predicted octanol–water partition coefficient (Wildman–Crippen LogP) is -0.122. The summed E-state index contributed by atoms with van der Waals surface area (Å²) in [6, 6.07) is 0.139. The minimum absolute atomic E-state index is 0.0965. The molecule has 1 unspecified atom stereocenters. The van der Waals surface area contributed by atoms with E-state index in [1.165, 1.54) is 9.80 Å². The number of hydrogen-bond acceptors (Lipinski definition) is 3. The highest BCUT2D eigenvalue weighted by Gasteiger charge is 2.32. The number of amides is 3. The summed E-state index contributed by atoms with van der Waals surface area (Å²) in [6.45, 7) is 2.74. The van der Waals surface area contributed by atoms with Gasteiger partial charge in [0.05, 0.1) is 0 Å². The van der Waals surface area contributed by atoms with E-state index in [2.05, 4.69) is 5.32 Å². The maximum Gasteiger partial charge on any atom is 0.326 e. The lowest BCUT2D eigenvalue weighted by Gasteiger charge is -2.16. The maximum atomic E-state index is 11.4. The fourth-order valence-corrected chi connectivity index (χ4v) is 1.36. The summed E-state index contributed by atoms with van der Waals surface area (Å²) in [5.74, 6) is -0.0965. The van der Waals surface area contributed by atoms with Crippen LogP contribution in [0.1, 0.15) is 13.3 Å². The van der Waals surface area contributed by atoms with Gasteiger partial charge in [-0.15, -0.1) is 0 Å². The Labute approximate surface area is 84.0 Å². The second kappa shape index (κ2) is 4.41. The monoisotopic (exact) mass is 199 g/mol. The molecule has 3 amide bonds. The maximum absolute atomic E-state index is 11.4. The lowest BCUT2D eigenvalue weighted by molar-refractivity contribution is -0.125. The third kappa shape index (κ3) is 2.23. The summed E-state index contributed by atoms with van der Waals surface area (Å²) in [7, 11) is 3.51. The van der Waals surface area contributed by atoms with Gasteiger partial charge in [-0.2, -0.15) is 0 Å². The van der Waals surface area contributed by atoms with Crippen molar-refractivity contribution in [2.75, 3.05) is 27.2 Å². The lowest BCUT2D eigenvalue weighted by atomic mass is 10.2. The molecule has 1 fully saturated rings. The van der Waals surface area contributed by atoms with Gasteiger partial charge in [0.15, 0.2) is 0 Å². The molecule has 0 radical (unpaired) electrons. The van der Waals surface area contributed by atoms with E-state index in [4.69, 9.17) is 0 Å². The van der Waals surface area contributed by atoms with Crippen molar-refractivity contribution in [2.24, 2.45) is 0 Å². The number of carbonyl (C=O) groups is 2. The van der Waals surface area contributed by atoms with Gasteiger partial charge in [-0.25, -0.2) is 4.79 Å². The van der Waals surface area contributed by atoms with E-state index < -0.39 is 0 Å². The normalized spacial score (nSPS) is 19.4. The Hall–Kier alpha value is -1.10. The predicted molar refractivity (Wildman–Crippen MR) is 52.9 cm³/mol. The van der Waals surface area contributed by atoms with Crippen molar-refractivity contribution in [2.45, 2.75) is 19.4 Å². The van der Waals surface area contributed by atoms with Crippen molar-refractivity contribution < 1.29 is 9.59 Å². The first-order chi connectivity index (χ1) is 6.56. The molecular weight excluding hydrogens is 182 g/mol. The zero-order valence-electron chi connectivity index (χ0n) is 8.91. The van der Waals surface area contributed by atoms with Gasteiger partial charge in [0.1, 0.15) is 6.54 Å². The molecule has 1 heterocycles. The van der Waals surface area contributed by atoms with E-state index in [1.54, 1.807) is 7.05 Å². The average molecular weight is 199 g/mol. The Morgan fingerprint density at radius 1 is 1.50 bits per heavy atom. The third-order valence-corrected chi connectivity index (χ3v) is 2.51. The molecule has 0 aromatic heterocycles. The van der Waals surface area contributed by atoms with E-state index in [9.17, 15) is 9.59 Å². The SMILES string of the molecule is CNC(C)CCN1C(=O)CN(C)C1=O. The van der Waals surface area contributed by atoms with Gasteiger partial charge < -0.3 is 10.2 Å². The van der Waals surface area contributed by atoms with E-state index >= 15 is 0 Å². The Kier molecular flexibility index (Phi) is 3.46. The van der Waals surface area contributed by atoms with Gasteiger partial charge >= 0.3 is 6.03 Å². The molecule has 1 aliphatic heterocycles. The lowest BCUT2D eigenvalue weighted by Crippen LogP contribution is -2.35. The number of carbonyl (C=O) groups excluding carboxylic acids is 2. The van der Waals surface area contributed by atoms with Crippen LogP contribution >= 0.6 is 0 Å². The van der Waals surface area contributed by atoms with Crippen LogP contribution in [0.15, 0.2) is 0 Å². The van der Waals surface area contributed by atoms with Crippen LogP contribution in [0.25, 0.3) is 0 Å². The van der Waals surface area contributed by atoms with Crippen molar-refractivity contribution in [1.82, 2.24) is 15.1 Å². The largest absolute Gasteiger partial charge is 0.326 e. The van der Waals surface area contributed by atoms with E-state index in [-0.39, 0.29) is 18.5 Å². The number of likely N-dealkylation sites (N-methyl/N-ethyl adjacent to an activating group) is 1. The molecule has 1 atom stereocenters. The topological polar surface area (TPSA) is 52.7 Å². The zero-order chi connectivity index (χ0) is 10.7. The van der Waals surface area contributed by atoms with Crippen LogP contribution in [0.5, 0.6) is 0 Å². The van der Waals surface area contributed by atoms with Crippen molar-refractivity contribution in [1.29, 1.82) is 0 Å². The van der Waals surface area contributed by atoms with Crippen LogP contribution in [0, 0.1) is 0 Å². The summed E-state index contributed by atoms with van der Waals surface area (Å²) in [5, 5.41) is 3.07. The highest BCUT2D eigenvalue weighted by molar-refractivity contribution is 6.01. The molecule has 1 aliphatic rings. The number of rotatable bonds is 4. The zero-order valence-corrected chi connectivity index (χ0v) is 8.91. The second-order valence-electron chi connectivity index (χ2n) is 3.66. The molecule has 0 aromatic carbocycles. The van der Waals surface area contributed by atoms with Gasteiger partial charge in [-0.3, -0.25) is 9.69 Å². The molecule has 0 aromatic rings. The molecule has 1 N–H and O–H groups in total. The smallest absolute Gasteiger partial charge is 0.318 e. The number of hydrogen-bond donors (Lipinski definition) is 1. The average Bonchev–Trinajstić information content (AvgIpc) is 2.39. The minimum Gasteiger partial charge on any atom is -0.318 e. The molecule has 1 rings (SSSR count). The highest BCUT2D eigenvalue weighted by atomic mass is 16.2. The number of nitrogens with one attached hydrogen (secondary N) is 1. The Morgan fingerprint density at radius 3 is 2.57 bits per heavy atom. The van der Waals surface area contributed by atoms with Crippen LogP contribution in [0.4, 0.5) is 4.79 Å². The fourth-order valence-electron chi connectivity index (χ4n) is 1.36. The van der Waals surface area contributed by atoms with Crippen LogP contribution in [0.2, 0.25) is 0 Å². The number of imide groups is 1. The molecule has 14 heavy (non-hydrogen) atoms. The molecule has 80 valence electrons. The Balaban J connectivity index is 2.44. The van der Waals surface area contributed by atoms with Crippen LogP contribution in [-0.4, -0.2) is 55.0 Å². The van der Waals surface area contributed by atoms with Crippen LogP contribution in [0.3, 0.4) is 0 Å². The minimum atomic E-state index is -0.182. The molecule has 5 heteroatoms. The van der Waals surface area contributed by atoms with Crippen molar-refractivity contribution in [3.05, 3.63) is 0 Å². The van der Waals surface area contributed by atoms with Gasteiger partial charge in [0.25, 0.3) is 0 Å². The molecule has 0 bridgehead atoms. The summed E-state index contributed by atoms with van der Waals surface area (Å²) < 4.78 is 0. The highest BCUT2D eigenvalue weighted by Crippen LogP contribution is 2.08. The standard InChI is InChI=1S/C9H17N3O2/c1-7(10-2)4-5-12-8(13)6-11(3)9(12)14/h7,10H,4-6H2,1-3H3. The number of urea groups is 1. The Morgan fingerprint density at radius 2 is 2.14 bits per heavy atom. The molecule has 0 aliphatic carbocycles. The molecular formula is C9H17N3O2. The van der Waals surface area contributed by atoms with Crippen molar-refractivity contribution in [3.8, 4) is 0 Å². The molecule has 0 saturated carbocycles. The number of nitrogens with zero attached hydrogens (tertiary/aromatic N) is 2. The van der Waals surface area contributed by atoms with E-state index in [0.29, 0.717) is 12.6 Å². The van der Waals surface area contributed by atoms with Gasteiger partial charge in [-0.05, 0) is 20.4 Å². The summed E-state index contributed by atoms with van der Waals surface area (Å²) in [5.41, 5.74) is 0. The van der Waals surface area contributed by atoms with Crippen molar-refractivity contribution in [3.63, 3.8) is 0 Å². The quantitative estimate of drug-likeness (QED) is 0.642. The summed E-state index contributed by atoms with van der Waals surface area (Å²) in [4.78, 5) is 25.5. The van der Waals surface area contributed by atoms with E-state index in [1.807, 2.05) is 14.0 Å². The van der Waals surface area contributed by atoms with Gasteiger partial charge in [0.2, 0.25) is 5.91 Å². The summed E-state index contributed by atoms with van der Waals surface area (Å²) in [6.07, 6.45) is 0.793. The first-order valence-corrected chi connectivity index (χ1v) is 4.79. The summed E-state index contributed by atoms with van der Waals surface area (Å²) >= 11 is 0. The van der Waals surface area contributed by atoms with Crippen LogP contribution < -0.4 is 5.32 Å². The van der Waals surface area contributed by atoms with Crippen molar-refractivity contribution >= 4 is 11.9 Å². The molecule has 1 saturated heterocycles. The van der Waals surface area contributed by atoms with Gasteiger partial charge in [0, 0.05) is 19.6 Å². The van der Waals surface area contributed by atoms with E-state index in [0.717, 1.165) is 6.42 Å². The third-order valence-electron chi connectivity index (χ3n) is 2.51. The second-order valence-corrected chi connectivity index (χ2v) is 3.66. The fraction of sp³-hybridized carbons (Fsp3) is 0.778. The van der Waals surface area contributed by atoms with Gasteiger partial charge in [-0.1, -0.05) is 0 Å². The first-order valence-electron chi connectivity index (χ1n) is 4.79. The Bertz CT molecular complexity index is 242. The molecule has 0 spiro atoms. The first kappa shape index (κ1) is 11.0. The molecule has 5 nitrogen and oxygen atoms in total.